The van der Waals surface area contributed by atoms with Crippen molar-refractivity contribution in [1.82, 2.24) is 0 Å². The van der Waals surface area contributed by atoms with Crippen LogP contribution in [0.25, 0.3) is 0 Å². The molecular formula is C18H18N2O3S. The van der Waals surface area contributed by atoms with Gasteiger partial charge in [0.1, 0.15) is 11.1 Å². The molecule has 4 atom stereocenters. The van der Waals surface area contributed by atoms with Crippen molar-refractivity contribution in [3.05, 3.63) is 16.0 Å². The van der Waals surface area contributed by atoms with E-state index >= 15 is 0 Å². The van der Waals surface area contributed by atoms with Crippen LogP contribution in [0, 0.1) is 23.2 Å². The Bertz CT molecular complexity index is 765. The Morgan fingerprint density at radius 1 is 1.04 bits per heavy atom. The van der Waals surface area contributed by atoms with Crippen molar-refractivity contribution in [3.63, 3.8) is 0 Å². The molecule has 2 amide bonds. The zero-order chi connectivity index (χ0) is 16.4. The quantitative estimate of drug-likeness (QED) is 0.581. The molecule has 6 heteroatoms. The molecular weight excluding hydrogens is 324 g/mol. The zero-order valence-electron chi connectivity index (χ0n) is 13.3. The fraction of sp³-hybridized carbons (Fsp3) is 0.611. The highest BCUT2D eigenvalue weighted by atomic mass is 32.1. The Balaban J connectivity index is 1.59. The smallest absolute Gasteiger partial charge is 0.241 e. The number of imide groups is 1. The van der Waals surface area contributed by atoms with Crippen LogP contribution < -0.4 is 4.90 Å². The Hall–Kier alpha value is -1.71. The van der Waals surface area contributed by atoms with Gasteiger partial charge in [0.25, 0.3) is 0 Å². The van der Waals surface area contributed by atoms with Gasteiger partial charge in [-0.15, -0.1) is 11.3 Å². The third-order valence-corrected chi connectivity index (χ3v) is 7.28. The third-order valence-electron chi connectivity index (χ3n) is 6.00. The van der Waals surface area contributed by atoms with Gasteiger partial charge in [0.05, 0.1) is 29.6 Å². The molecule has 3 saturated heterocycles. The van der Waals surface area contributed by atoms with E-state index < -0.39 is 0 Å². The number of rotatable bonds is 1. The standard InChI is InChI=1S/C18H18N2O3S/c19-8-10-9-4-2-1-3-5-13(9)24-18(10)20-16(21)14-11-6-7-12(23-11)15(14)17(20)22/h11-12,14-15H,1-7H2/t11-,12-,14-,15+/m0/s1. The Morgan fingerprint density at radius 2 is 1.71 bits per heavy atom. The normalized spacial score (nSPS) is 34.2. The van der Waals surface area contributed by atoms with Crippen LogP contribution in [-0.2, 0) is 27.2 Å². The number of aryl methyl sites for hydroxylation is 1. The number of nitriles is 1. The lowest BCUT2D eigenvalue weighted by molar-refractivity contribution is -0.124. The second-order valence-corrected chi connectivity index (χ2v) is 8.29. The largest absolute Gasteiger partial charge is 0.373 e. The van der Waals surface area contributed by atoms with Crippen LogP contribution in [0.3, 0.4) is 0 Å². The van der Waals surface area contributed by atoms with Crippen LogP contribution in [-0.4, -0.2) is 24.0 Å². The summed E-state index contributed by atoms with van der Waals surface area (Å²) in [6, 6.07) is 2.29. The van der Waals surface area contributed by atoms with E-state index in [1.54, 1.807) is 0 Å². The highest BCUT2D eigenvalue weighted by Crippen LogP contribution is 2.51. The number of fused-ring (bicyclic) bond motifs is 6. The number of carbonyl (C=O) groups excluding carboxylic acids is 2. The maximum Gasteiger partial charge on any atom is 0.241 e. The van der Waals surface area contributed by atoms with E-state index in [0.717, 1.165) is 44.1 Å². The predicted molar refractivity (Wildman–Crippen MR) is 87.7 cm³/mol. The fourth-order valence-electron chi connectivity index (χ4n) is 4.91. The van der Waals surface area contributed by atoms with E-state index in [9.17, 15) is 14.9 Å². The minimum Gasteiger partial charge on any atom is -0.373 e. The molecule has 124 valence electrons. The number of carbonyl (C=O) groups is 2. The second kappa shape index (κ2) is 5.14. The van der Waals surface area contributed by atoms with Crippen molar-refractivity contribution in [3.8, 4) is 6.07 Å². The molecule has 2 bridgehead atoms. The molecule has 5 nitrogen and oxygen atoms in total. The zero-order valence-corrected chi connectivity index (χ0v) is 14.1. The summed E-state index contributed by atoms with van der Waals surface area (Å²) in [5, 5.41) is 10.3. The lowest BCUT2D eigenvalue weighted by Crippen LogP contribution is -2.34. The van der Waals surface area contributed by atoms with E-state index in [2.05, 4.69) is 6.07 Å². The van der Waals surface area contributed by atoms with Crippen LogP contribution >= 0.6 is 11.3 Å². The van der Waals surface area contributed by atoms with Crippen molar-refractivity contribution in [2.45, 2.75) is 57.2 Å². The molecule has 0 saturated carbocycles. The monoisotopic (exact) mass is 342 g/mol. The first kappa shape index (κ1) is 14.6. The number of hydrogen-bond donors (Lipinski definition) is 0. The van der Waals surface area contributed by atoms with Crippen LogP contribution in [0.5, 0.6) is 0 Å². The van der Waals surface area contributed by atoms with Gasteiger partial charge in [0, 0.05) is 4.88 Å². The van der Waals surface area contributed by atoms with Gasteiger partial charge in [-0.1, -0.05) is 6.42 Å². The van der Waals surface area contributed by atoms with Crippen LogP contribution in [0.4, 0.5) is 5.00 Å². The average molecular weight is 342 g/mol. The highest BCUT2D eigenvalue weighted by Gasteiger charge is 2.63. The molecule has 3 fully saturated rings. The Labute approximate surface area is 144 Å². The van der Waals surface area contributed by atoms with Crippen LogP contribution in [0.1, 0.15) is 48.1 Å². The van der Waals surface area contributed by atoms with E-state index in [1.165, 1.54) is 27.5 Å². The number of anilines is 1. The summed E-state index contributed by atoms with van der Waals surface area (Å²) in [6.45, 7) is 0. The van der Waals surface area contributed by atoms with E-state index in [1.807, 2.05) is 0 Å². The maximum absolute atomic E-state index is 13.0. The number of thiophene rings is 1. The second-order valence-electron chi connectivity index (χ2n) is 7.21. The van der Waals surface area contributed by atoms with Crippen LogP contribution in [0.15, 0.2) is 0 Å². The summed E-state index contributed by atoms with van der Waals surface area (Å²) < 4.78 is 5.79. The molecule has 0 spiro atoms. The fourth-order valence-corrected chi connectivity index (χ4v) is 6.26. The summed E-state index contributed by atoms with van der Waals surface area (Å²) >= 11 is 1.49. The molecule has 5 rings (SSSR count). The molecule has 0 N–H and O–H groups in total. The molecule has 1 aromatic heterocycles. The van der Waals surface area contributed by atoms with Crippen molar-refractivity contribution in [1.29, 1.82) is 5.26 Å². The molecule has 3 aliphatic heterocycles. The van der Waals surface area contributed by atoms with Gasteiger partial charge in [-0.05, 0) is 44.1 Å². The summed E-state index contributed by atoms with van der Waals surface area (Å²) in [7, 11) is 0. The van der Waals surface area contributed by atoms with Gasteiger partial charge in [-0.2, -0.15) is 5.26 Å². The minimum absolute atomic E-state index is 0.107. The molecule has 1 aliphatic carbocycles. The molecule has 0 unspecified atom stereocenters. The number of amides is 2. The summed E-state index contributed by atoms with van der Waals surface area (Å²) in [5.41, 5.74) is 1.64. The average Bonchev–Trinajstić information content (AvgIpc) is 3.28. The molecule has 0 aromatic carbocycles. The van der Waals surface area contributed by atoms with E-state index in [-0.39, 0.29) is 35.9 Å². The number of hydrogen-bond acceptors (Lipinski definition) is 5. The highest BCUT2D eigenvalue weighted by molar-refractivity contribution is 7.17. The van der Waals surface area contributed by atoms with Crippen molar-refractivity contribution in [2.75, 3.05) is 4.90 Å². The Morgan fingerprint density at radius 3 is 2.38 bits per heavy atom. The van der Waals surface area contributed by atoms with Gasteiger partial charge >= 0.3 is 0 Å². The topological polar surface area (TPSA) is 70.4 Å². The van der Waals surface area contributed by atoms with Gasteiger partial charge < -0.3 is 4.74 Å². The lowest BCUT2D eigenvalue weighted by atomic mass is 9.81. The molecule has 0 radical (unpaired) electrons. The molecule has 4 aliphatic rings. The molecule has 24 heavy (non-hydrogen) atoms. The molecule has 1 aromatic rings. The summed E-state index contributed by atoms with van der Waals surface area (Å²) in [4.78, 5) is 28.4. The predicted octanol–water partition coefficient (Wildman–Crippen LogP) is 2.56. The van der Waals surface area contributed by atoms with Gasteiger partial charge in [0.2, 0.25) is 11.8 Å². The van der Waals surface area contributed by atoms with Gasteiger partial charge in [-0.25, -0.2) is 4.90 Å². The first-order valence-electron chi connectivity index (χ1n) is 8.78. The minimum atomic E-state index is -0.329. The molecule has 4 heterocycles. The SMILES string of the molecule is N#Cc1c(N2C(=O)[C@@H]3[C@H](C2=O)[C@@H]2CC[C@@H]3O2)sc2c1CCCCC2. The third kappa shape index (κ3) is 1.77. The maximum atomic E-state index is 13.0. The summed E-state index contributed by atoms with van der Waals surface area (Å²) in [6.07, 6.45) is 6.71. The lowest BCUT2D eigenvalue weighted by Gasteiger charge is -2.16. The van der Waals surface area contributed by atoms with E-state index in [0.29, 0.717) is 10.6 Å². The van der Waals surface area contributed by atoms with Crippen molar-refractivity contribution >= 4 is 28.2 Å². The Kier molecular flexibility index (Phi) is 3.13. The van der Waals surface area contributed by atoms with Crippen molar-refractivity contribution in [2.24, 2.45) is 11.8 Å². The van der Waals surface area contributed by atoms with Crippen molar-refractivity contribution < 1.29 is 14.3 Å². The van der Waals surface area contributed by atoms with Gasteiger partial charge in [-0.3, -0.25) is 9.59 Å². The van der Waals surface area contributed by atoms with Crippen LogP contribution in [0.2, 0.25) is 0 Å². The van der Waals surface area contributed by atoms with E-state index in [4.69, 9.17) is 4.74 Å². The summed E-state index contributed by atoms with van der Waals surface area (Å²) in [5.74, 6) is -0.954. The number of nitrogens with zero attached hydrogens (tertiary/aromatic N) is 2. The first-order chi connectivity index (χ1) is 11.7. The number of ether oxygens (including phenoxy) is 1. The first-order valence-corrected chi connectivity index (χ1v) is 9.60. The van der Waals surface area contributed by atoms with Gasteiger partial charge in [0.15, 0.2) is 0 Å².